The van der Waals surface area contributed by atoms with Gasteiger partial charge in [-0.05, 0) is 32.5 Å². The Labute approximate surface area is 122 Å². The fourth-order valence-electron chi connectivity index (χ4n) is 2.45. The Morgan fingerprint density at radius 3 is 2.90 bits per heavy atom. The fourth-order valence-corrected chi connectivity index (χ4v) is 2.45. The molecule has 1 atom stereocenters. The van der Waals surface area contributed by atoms with Crippen molar-refractivity contribution in [2.24, 2.45) is 0 Å². The number of likely N-dealkylation sites (tertiary alicyclic amines) is 1. The third-order valence-electron chi connectivity index (χ3n) is 3.76. The number of nitrogens with zero attached hydrogens (tertiary/aromatic N) is 2. The molecule has 0 aromatic heterocycles. The minimum atomic E-state index is -1.13. The second-order valence-electron chi connectivity index (χ2n) is 5.19. The van der Waals surface area contributed by atoms with Gasteiger partial charge in [-0.15, -0.1) is 0 Å². The van der Waals surface area contributed by atoms with Crippen LogP contribution in [0.5, 0.6) is 5.75 Å². The molecule has 1 aliphatic rings. The lowest BCUT2D eigenvalue weighted by molar-refractivity contribution is -0.385. The number of hydrogen-bond acceptors (Lipinski definition) is 5. The maximum absolute atomic E-state index is 11.0. The zero-order chi connectivity index (χ0) is 15.4. The number of aromatic carboxylic acids is 1. The second-order valence-corrected chi connectivity index (χ2v) is 5.19. The van der Waals surface area contributed by atoms with E-state index in [9.17, 15) is 14.9 Å². The summed E-state index contributed by atoms with van der Waals surface area (Å²) in [6, 6.07) is 3.79. The SMILES string of the molecule is CN1CCCCC1COc1cc(C(=O)O)ccc1[N+](=O)[O-]. The van der Waals surface area contributed by atoms with Crippen LogP contribution in [0.25, 0.3) is 0 Å². The highest BCUT2D eigenvalue weighted by atomic mass is 16.6. The fraction of sp³-hybridized carbons (Fsp3) is 0.500. The Bertz CT molecular complexity index is 546. The van der Waals surface area contributed by atoms with E-state index >= 15 is 0 Å². The van der Waals surface area contributed by atoms with E-state index in [1.54, 1.807) is 0 Å². The standard InChI is InChI=1S/C14H18N2O5/c1-15-7-3-2-4-11(15)9-21-13-8-10(14(17)18)5-6-12(13)16(19)20/h5-6,8,11H,2-4,7,9H2,1H3,(H,17,18). The lowest BCUT2D eigenvalue weighted by atomic mass is 10.0. The summed E-state index contributed by atoms with van der Waals surface area (Å²) in [5.74, 6) is -1.12. The van der Waals surface area contributed by atoms with Crippen molar-refractivity contribution in [1.29, 1.82) is 0 Å². The van der Waals surface area contributed by atoms with Crippen LogP contribution in [0.15, 0.2) is 18.2 Å². The Morgan fingerprint density at radius 1 is 1.52 bits per heavy atom. The monoisotopic (exact) mass is 294 g/mol. The van der Waals surface area contributed by atoms with Gasteiger partial charge in [-0.3, -0.25) is 10.1 Å². The summed E-state index contributed by atoms with van der Waals surface area (Å²) in [7, 11) is 2.00. The van der Waals surface area contributed by atoms with Gasteiger partial charge in [0.1, 0.15) is 6.61 Å². The number of nitro benzene ring substituents is 1. The summed E-state index contributed by atoms with van der Waals surface area (Å²) in [5, 5.41) is 20.0. The summed E-state index contributed by atoms with van der Waals surface area (Å²) in [6.45, 7) is 1.30. The first kappa shape index (κ1) is 15.2. The van der Waals surface area contributed by atoms with Gasteiger partial charge in [-0.1, -0.05) is 6.42 Å². The van der Waals surface area contributed by atoms with E-state index in [0.717, 1.165) is 25.8 Å². The highest BCUT2D eigenvalue weighted by Crippen LogP contribution is 2.29. The van der Waals surface area contributed by atoms with E-state index < -0.39 is 10.9 Å². The molecule has 1 unspecified atom stereocenters. The van der Waals surface area contributed by atoms with Crippen molar-refractivity contribution in [2.45, 2.75) is 25.3 Å². The number of nitro groups is 1. The molecule has 1 fully saturated rings. The van der Waals surface area contributed by atoms with Crippen LogP contribution in [0, 0.1) is 10.1 Å². The second kappa shape index (κ2) is 6.53. The third-order valence-corrected chi connectivity index (χ3v) is 3.76. The zero-order valence-corrected chi connectivity index (χ0v) is 11.8. The third kappa shape index (κ3) is 3.69. The first-order chi connectivity index (χ1) is 9.99. The molecule has 2 rings (SSSR count). The van der Waals surface area contributed by atoms with Crippen LogP contribution in [0.1, 0.15) is 29.6 Å². The molecule has 0 aliphatic carbocycles. The summed E-state index contributed by atoms with van der Waals surface area (Å²) >= 11 is 0. The molecular weight excluding hydrogens is 276 g/mol. The summed E-state index contributed by atoms with van der Waals surface area (Å²) in [6.07, 6.45) is 3.22. The van der Waals surface area contributed by atoms with Crippen molar-refractivity contribution in [3.8, 4) is 5.75 Å². The van der Waals surface area contributed by atoms with Gasteiger partial charge < -0.3 is 14.7 Å². The van der Waals surface area contributed by atoms with Crippen molar-refractivity contribution in [1.82, 2.24) is 4.90 Å². The Balaban J connectivity index is 2.14. The van der Waals surface area contributed by atoms with E-state index in [-0.39, 0.29) is 23.0 Å². The number of carbonyl (C=O) groups is 1. The number of likely N-dealkylation sites (N-methyl/N-ethyl adjacent to an activating group) is 1. The molecular formula is C14H18N2O5. The molecule has 1 aromatic rings. The lowest BCUT2D eigenvalue weighted by Gasteiger charge is -2.32. The van der Waals surface area contributed by atoms with Gasteiger partial charge in [0, 0.05) is 18.2 Å². The largest absolute Gasteiger partial charge is 0.485 e. The topological polar surface area (TPSA) is 92.9 Å². The van der Waals surface area contributed by atoms with Gasteiger partial charge in [0.15, 0.2) is 5.75 Å². The minimum Gasteiger partial charge on any atom is -0.485 e. The molecule has 1 saturated heterocycles. The number of ether oxygens (including phenoxy) is 1. The van der Waals surface area contributed by atoms with Crippen LogP contribution in [0.3, 0.4) is 0 Å². The molecule has 0 bridgehead atoms. The first-order valence-corrected chi connectivity index (χ1v) is 6.84. The highest BCUT2D eigenvalue weighted by Gasteiger charge is 2.22. The van der Waals surface area contributed by atoms with Gasteiger partial charge in [0.05, 0.1) is 10.5 Å². The Morgan fingerprint density at radius 2 is 2.29 bits per heavy atom. The van der Waals surface area contributed by atoms with E-state index in [4.69, 9.17) is 9.84 Å². The quantitative estimate of drug-likeness (QED) is 0.660. The molecule has 1 aliphatic heterocycles. The van der Waals surface area contributed by atoms with Gasteiger partial charge in [0.25, 0.3) is 0 Å². The molecule has 21 heavy (non-hydrogen) atoms. The molecule has 1 heterocycles. The predicted molar refractivity (Wildman–Crippen MR) is 75.8 cm³/mol. The normalized spacial score (nSPS) is 19.2. The van der Waals surface area contributed by atoms with Gasteiger partial charge >= 0.3 is 11.7 Å². The summed E-state index contributed by atoms with van der Waals surface area (Å²) in [5.41, 5.74) is -0.230. The maximum Gasteiger partial charge on any atom is 0.335 e. The van der Waals surface area contributed by atoms with Crippen molar-refractivity contribution in [2.75, 3.05) is 20.2 Å². The van der Waals surface area contributed by atoms with Crippen molar-refractivity contribution in [3.05, 3.63) is 33.9 Å². The van der Waals surface area contributed by atoms with E-state index in [1.807, 2.05) is 7.05 Å². The van der Waals surface area contributed by atoms with E-state index in [2.05, 4.69) is 4.90 Å². The Hall–Kier alpha value is -2.15. The number of piperidine rings is 1. The minimum absolute atomic E-state index is 0.0128. The van der Waals surface area contributed by atoms with Gasteiger partial charge in [-0.2, -0.15) is 0 Å². The van der Waals surface area contributed by atoms with Crippen LogP contribution in [-0.4, -0.2) is 47.1 Å². The maximum atomic E-state index is 11.0. The van der Waals surface area contributed by atoms with Gasteiger partial charge in [-0.25, -0.2) is 4.79 Å². The van der Waals surface area contributed by atoms with Crippen LogP contribution >= 0.6 is 0 Å². The Kier molecular flexibility index (Phi) is 4.74. The van der Waals surface area contributed by atoms with Crippen LogP contribution < -0.4 is 4.74 Å². The van der Waals surface area contributed by atoms with E-state index in [0.29, 0.717) is 6.61 Å². The molecule has 1 aromatic carbocycles. The molecule has 0 radical (unpaired) electrons. The van der Waals surface area contributed by atoms with Crippen LogP contribution in [0.2, 0.25) is 0 Å². The summed E-state index contributed by atoms with van der Waals surface area (Å²) in [4.78, 5) is 23.5. The highest BCUT2D eigenvalue weighted by molar-refractivity contribution is 5.88. The van der Waals surface area contributed by atoms with Crippen LogP contribution in [0.4, 0.5) is 5.69 Å². The molecule has 0 spiro atoms. The predicted octanol–water partition coefficient (Wildman–Crippen LogP) is 2.16. The van der Waals surface area contributed by atoms with Gasteiger partial charge in [0.2, 0.25) is 0 Å². The van der Waals surface area contributed by atoms with Crippen molar-refractivity contribution >= 4 is 11.7 Å². The molecule has 0 saturated carbocycles. The van der Waals surface area contributed by atoms with Crippen molar-refractivity contribution < 1.29 is 19.6 Å². The molecule has 7 nitrogen and oxygen atoms in total. The molecule has 7 heteroatoms. The first-order valence-electron chi connectivity index (χ1n) is 6.84. The number of rotatable bonds is 5. The number of hydrogen-bond donors (Lipinski definition) is 1. The van der Waals surface area contributed by atoms with E-state index in [1.165, 1.54) is 18.2 Å². The molecule has 114 valence electrons. The average Bonchev–Trinajstić information content (AvgIpc) is 2.46. The lowest BCUT2D eigenvalue weighted by Crippen LogP contribution is -2.40. The summed E-state index contributed by atoms with van der Waals surface area (Å²) < 4.78 is 5.55. The van der Waals surface area contributed by atoms with Crippen LogP contribution in [-0.2, 0) is 0 Å². The number of carboxylic acid groups (broad SMARTS) is 1. The van der Waals surface area contributed by atoms with Crippen molar-refractivity contribution in [3.63, 3.8) is 0 Å². The molecule has 0 amide bonds. The zero-order valence-electron chi connectivity index (χ0n) is 11.8. The number of carboxylic acids is 1. The average molecular weight is 294 g/mol. The smallest absolute Gasteiger partial charge is 0.335 e. The molecule has 1 N–H and O–H groups in total. The number of benzene rings is 1.